The van der Waals surface area contributed by atoms with Crippen LogP contribution in [0.5, 0.6) is 0 Å². The fourth-order valence-corrected chi connectivity index (χ4v) is 4.25. The molecule has 1 fully saturated rings. The highest BCUT2D eigenvalue weighted by molar-refractivity contribution is 7.89. The number of sulfonamides is 1. The lowest BCUT2D eigenvalue weighted by atomic mass is 10.0. The summed E-state index contributed by atoms with van der Waals surface area (Å²) >= 11 is 0. The standard InChI is InChI=1S/C15H23NO3S/c1-3-19-12-14-7-5-9-16(11-14)20(17,18)15-8-4-6-13(2)10-15/h4,6,8,10,14H,3,5,7,9,11-12H2,1-2H3. The molecule has 0 bridgehead atoms. The minimum Gasteiger partial charge on any atom is -0.381 e. The fourth-order valence-electron chi connectivity index (χ4n) is 2.59. The number of nitrogens with zero attached hydrogens (tertiary/aromatic N) is 1. The van der Waals surface area contributed by atoms with Gasteiger partial charge in [-0.2, -0.15) is 4.31 Å². The molecular formula is C15H23NO3S. The lowest BCUT2D eigenvalue weighted by Gasteiger charge is -2.31. The number of hydrogen-bond donors (Lipinski definition) is 0. The van der Waals surface area contributed by atoms with Crippen LogP contribution in [0.4, 0.5) is 0 Å². The summed E-state index contributed by atoms with van der Waals surface area (Å²) in [4.78, 5) is 0.398. The molecule has 1 aliphatic rings. The molecule has 1 atom stereocenters. The molecule has 0 aromatic heterocycles. The van der Waals surface area contributed by atoms with E-state index in [1.165, 1.54) is 0 Å². The quantitative estimate of drug-likeness (QED) is 0.838. The maximum absolute atomic E-state index is 12.6. The molecule has 5 heteroatoms. The molecule has 0 spiro atoms. The average molecular weight is 297 g/mol. The van der Waals surface area contributed by atoms with Gasteiger partial charge in [-0.25, -0.2) is 8.42 Å². The van der Waals surface area contributed by atoms with Gasteiger partial charge in [0.15, 0.2) is 0 Å². The van der Waals surface area contributed by atoms with Gasteiger partial charge >= 0.3 is 0 Å². The number of hydrogen-bond acceptors (Lipinski definition) is 3. The first-order chi connectivity index (χ1) is 9.54. The van der Waals surface area contributed by atoms with Gasteiger partial charge in [0.05, 0.1) is 11.5 Å². The van der Waals surface area contributed by atoms with Crippen LogP contribution < -0.4 is 0 Å². The van der Waals surface area contributed by atoms with Crippen LogP contribution in [0, 0.1) is 12.8 Å². The molecule has 0 aliphatic carbocycles. The van der Waals surface area contributed by atoms with E-state index in [1.54, 1.807) is 22.5 Å². The van der Waals surface area contributed by atoms with Crippen LogP contribution in [0.2, 0.25) is 0 Å². The van der Waals surface area contributed by atoms with Crippen molar-refractivity contribution in [2.24, 2.45) is 5.92 Å². The van der Waals surface area contributed by atoms with E-state index in [9.17, 15) is 8.42 Å². The van der Waals surface area contributed by atoms with Gasteiger partial charge in [-0.1, -0.05) is 12.1 Å². The molecule has 1 unspecified atom stereocenters. The summed E-state index contributed by atoms with van der Waals surface area (Å²) < 4.78 is 32.3. The number of ether oxygens (including phenoxy) is 1. The predicted octanol–water partition coefficient (Wildman–Crippen LogP) is 2.43. The van der Waals surface area contributed by atoms with Crippen LogP contribution >= 0.6 is 0 Å². The second kappa shape index (κ2) is 6.70. The summed E-state index contributed by atoms with van der Waals surface area (Å²) in [6.45, 7) is 6.38. The fraction of sp³-hybridized carbons (Fsp3) is 0.600. The van der Waals surface area contributed by atoms with Crippen molar-refractivity contribution in [1.29, 1.82) is 0 Å². The van der Waals surface area contributed by atoms with Crippen LogP contribution in [0.3, 0.4) is 0 Å². The lowest BCUT2D eigenvalue weighted by molar-refractivity contribution is 0.0864. The molecule has 20 heavy (non-hydrogen) atoms. The van der Waals surface area contributed by atoms with Gasteiger partial charge in [0.2, 0.25) is 10.0 Å². The maximum atomic E-state index is 12.6. The number of aryl methyl sites for hydroxylation is 1. The Bertz CT molecular complexity index is 542. The summed E-state index contributed by atoms with van der Waals surface area (Å²) in [6, 6.07) is 7.12. The zero-order valence-corrected chi connectivity index (χ0v) is 13.0. The first kappa shape index (κ1) is 15.5. The molecule has 112 valence electrons. The molecule has 4 nitrogen and oxygen atoms in total. The molecule has 1 aromatic carbocycles. The third-order valence-corrected chi connectivity index (χ3v) is 5.53. The Kier molecular flexibility index (Phi) is 5.18. The molecule has 0 amide bonds. The molecule has 1 saturated heterocycles. The topological polar surface area (TPSA) is 46.6 Å². The van der Waals surface area contributed by atoms with Crippen molar-refractivity contribution in [2.45, 2.75) is 31.6 Å². The molecule has 2 rings (SSSR count). The minimum absolute atomic E-state index is 0.309. The van der Waals surface area contributed by atoms with Gasteiger partial charge in [0, 0.05) is 19.7 Å². The summed E-state index contributed by atoms with van der Waals surface area (Å²) in [6.07, 6.45) is 1.95. The molecular weight excluding hydrogens is 274 g/mol. The Hall–Kier alpha value is -0.910. The van der Waals surface area contributed by atoms with Crippen LogP contribution in [0.25, 0.3) is 0 Å². The smallest absolute Gasteiger partial charge is 0.243 e. The van der Waals surface area contributed by atoms with Crippen molar-refractivity contribution in [3.05, 3.63) is 29.8 Å². The van der Waals surface area contributed by atoms with E-state index < -0.39 is 10.0 Å². The first-order valence-corrected chi connectivity index (χ1v) is 8.62. The number of rotatable bonds is 5. The van der Waals surface area contributed by atoms with E-state index in [1.807, 2.05) is 19.9 Å². The van der Waals surface area contributed by atoms with Crippen molar-refractivity contribution in [2.75, 3.05) is 26.3 Å². The first-order valence-electron chi connectivity index (χ1n) is 7.18. The van der Waals surface area contributed by atoms with E-state index in [2.05, 4.69) is 0 Å². The maximum Gasteiger partial charge on any atom is 0.243 e. The predicted molar refractivity (Wildman–Crippen MR) is 79.2 cm³/mol. The zero-order chi connectivity index (χ0) is 14.6. The highest BCUT2D eigenvalue weighted by atomic mass is 32.2. The third kappa shape index (κ3) is 3.59. The van der Waals surface area contributed by atoms with E-state index >= 15 is 0 Å². The molecule has 1 heterocycles. The molecule has 0 radical (unpaired) electrons. The zero-order valence-electron chi connectivity index (χ0n) is 12.2. The summed E-state index contributed by atoms with van der Waals surface area (Å²) in [7, 11) is -3.36. The van der Waals surface area contributed by atoms with Gasteiger partial charge in [-0.15, -0.1) is 0 Å². The Morgan fingerprint density at radius 3 is 2.90 bits per heavy atom. The van der Waals surface area contributed by atoms with Gasteiger partial charge in [-0.3, -0.25) is 0 Å². The second-order valence-corrected chi connectivity index (χ2v) is 7.29. The van der Waals surface area contributed by atoms with Gasteiger partial charge in [-0.05, 0) is 50.3 Å². The van der Waals surface area contributed by atoms with Crippen molar-refractivity contribution in [1.82, 2.24) is 4.31 Å². The van der Waals surface area contributed by atoms with E-state index in [4.69, 9.17) is 4.74 Å². The van der Waals surface area contributed by atoms with Crippen LogP contribution in [0.1, 0.15) is 25.3 Å². The lowest BCUT2D eigenvalue weighted by Crippen LogP contribution is -2.41. The van der Waals surface area contributed by atoms with Crippen molar-refractivity contribution >= 4 is 10.0 Å². The number of piperidine rings is 1. The monoisotopic (exact) mass is 297 g/mol. The van der Waals surface area contributed by atoms with Gasteiger partial charge in [0.25, 0.3) is 0 Å². The molecule has 0 saturated carbocycles. The Labute approximate surface area is 121 Å². The van der Waals surface area contributed by atoms with E-state index in [-0.39, 0.29) is 0 Å². The number of benzene rings is 1. The Balaban J connectivity index is 2.13. The Morgan fingerprint density at radius 2 is 2.20 bits per heavy atom. The van der Waals surface area contributed by atoms with Crippen molar-refractivity contribution in [3.63, 3.8) is 0 Å². The van der Waals surface area contributed by atoms with Crippen LogP contribution in [-0.2, 0) is 14.8 Å². The summed E-state index contributed by atoms with van der Waals surface area (Å²) in [5, 5.41) is 0. The van der Waals surface area contributed by atoms with Crippen molar-refractivity contribution in [3.8, 4) is 0 Å². The third-order valence-electron chi connectivity index (χ3n) is 3.67. The highest BCUT2D eigenvalue weighted by Gasteiger charge is 2.30. The minimum atomic E-state index is -3.36. The summed E-state index contributed by atoms with van der Waals surface area (Å²) in [5.74, 6) is 0.309. The summed E-state index contributed by atoms with van der Waals surface area (Å²) in [5.41, 5.74) is 0.967. The molecule has 1 aromatic rings. The molecule has 1 aliphatic heterocycles. The second-order valence-electron chi connectivity index (χ2n) is 5.35. The van der Waals surface area contributed by atoms with E-state index in [0.29, 0.717) is 37.1 Å². The van der Waals surface area contributed by atoms with Crippen LogP contribution in [0.15, 0.2) is 29.2 Å². The molecule has 0 N–H and O–H groups in total. The highest BCUT2D eigenvalue weighted by Crippen LogP contribution is 2.24. The van der Waals surface area contributed by atoms with Gasteiger partial charge < -0.3 is 4.74 Å². The normalized spacial score (nSPS) is 21.0. The average Bonchev–Trinajstić information content (AvgIpc) is 2.45. The van der Waals surface area contributed by atoms with Crippen LogP contribution in [-0.4, -0.2) is 39.0 Å². The van der Waals surface area contributed by atoms with E-state index in [0.717, 1.165) is 18.4 Å². The SMILES string of the molecule is CCOCC1CCCN(S(=O)(=O)c2cccc(C)c2)C1. The largest absolute Gasteiger partial charge is 0.381 e. The van der Waals surface area contributed by atoms with Crippen molar-refractivity contribution < 1.29 is 13.2 Å². The van der Waals surface area contributed by atoms with Gasteiger partial charge in [0.1, 0.15) is 0 Å². The Morgan fingerprint density at radius 1 is 1.40 bits per heavy atom.